The summed E-state index contributed by atoms with van der Waals surface area (Å²) in [5, 5.41) is 0. The number of hydrogen-bond acceptors (Lipinski definition) is 5. The summed E-state index contributed by atoms with van der Waals surface area (Å²) in [4.78, 5) is 34.4. The van der Waals surface area contributed by atoms with E-state index in [1.807, 2.05) is 0 Å². The zero-order chi connectivity index (χ0) is 13.8. The first-order chi connectivity index (χ1) is 8.43. The van der Waals surface area contributed by atoms with Crippen molar-refractivity contribution in [2.45, 2.75) is 32.6 Å². The zero-order valence-electron chi connectivity index (χ0n) is 10.9. The van der Waals surface area contributed by atoms with E-state index in [-0.39, 0.29) is 24.1 Å². The van der Waals surface area contributed by atoms with E-state index in [1.165, 1.54) is 20.3 Å². The Morgan fingerprint density at radius 1 is 1.33 bits per heavy atom. The third-order valence-electron chi connectivity index (χ3n) is 3.38. The first kappa shape index (κ1) is 14.4. The van der Waals surface area contributed by atoms with E-state index in [9.17, 15) is 14.4 Å². The van der Waals surface area contributed by atoms with Crippen molar-refractivity contribution in [3.8, 4) is 0 Å². The van der Waals surface area contributed by atoms with Crippen LogP contribution in [0.25, 0.3) is 0 Å². The zero-order valence-corrected chi connectivity index (χ0v) is 10.9. The van der Waals surface area contributed by atoms with Gasteiger partial charge in [-0.1, -0.05) is 0 Å². The summed E-state index contributed by atoms with van der Waals surface area (Å²) in [5.74, 6) is -0.747. The average molecular weight is 254 g/mol. The van der Waals surface area contributed by atoms with Crippen LogP contribution in [0.2, 0.25) is 0 Å². The SMILES string of the molecule is COC(=O)CCC1=CC(=O)CCC1(C)C(=O)OC. The monoisotopic (exact) mass is 254 g/mol. The quantitative estimate of drug-likeness (QED) is 0.709. The van der Waals surface area contributed by atoms with E-state index in [1.54, 1.807) is 6.92 Å². The molecule has 100 valence electrons. The molecule has 0 spiro atoms. The Hall–Kier alpha value is -1.65. The molecule has 0 amide bonds. The normalized spacial score (nSPS) is 23.3. The lowest BCUT2D eigenvalue weighted by Gasteiger charge is -2.32. The van der Waals surface area contributed by atoms with Crippen LogP contribution in [0.3, 0.4) is 0 Å². The molecule has 1 unspecified atom stereocenters. The second-order valence-corrected chi connectivity index (χ2v) is 4.54. The molecule has 1 aliphatic carbocycles. The Balaban J connectivity index is 2.89. The van der Waals surface area contributed by atoms with Gasteiger partial charge in [-0.05, 0) is 31.4 Å². The van der Waals surface area contributed by atoms with Gasteiger partial charge >= 0.3 is 11.9 Å². The Labute approximate surface area is 106 Å². The number of rotatable bonds is 4. The second kappa shape index (κ2) is 5.80. The fourth-order valence-corrected chi connectivity index (χ4v) is 2.10. The molecule has 0 aromatic carbocycles. The largest absolute Gasteiger partial charge is 0.469 e. The Morgan fingerprint density at radius 2 is 2.00 bits per heavy atom. The molecule has 0 fully saturated rings. The van der Waals surface area contributed by atoms with Crippen molar-refractivity contribution in [1.82, 2.24) is 0 Å². The summed E-state index contributed by atoms with van der Waals surface area (Å²) in [6, 6.07) is 0. The highest BCUT2D eigenvalue weighted by Gasteiger charge is 2.40. The molecule has 1 atom stereocenters. The number of ether oxygens (including phenoxy) is 2. The molecular formula is C13H18O5. The maximum Gasteiger partial charge on any atom is 0.315 e. The maximum atomic E-state index is 11.8. The minimum absolute atomic E-state index is 0.0174. The number of carbonyl (C=O) groups is 3. The predicted molar refractivity (Wildman–Crippen MR) is 63.7 cm³/mol. The molecule has 0 aromatic heterocycles. The van der Waals surface area contributed by atoms with Crippen LogP contribution in [-0.4, -0.2) is 31.9 Å². The number of esters is 2. The van der Waals surface area contributed by atoms with Crippen LogP contribution >= 0.6 is 0 Å². The summed E-state index contributed by atoms with van der Waals surface area (Å²) in [6.07, 6.45) is 2.70. The number of carbonyl (C=O) groups excluding carboxylic acids is 3. The summed E-state index contributed by atoms with van der Waals surface area (Å²) in [7, 11) is 2.63. The van der Waals surface area contributed by atoms with Crippen LogP contribution < -0.4 is 0 Å². The first-order valence-electron chi connectivity index (χ1n) is 5.83. The van der Waals surface area contributed by atoms with Gasteiger partial charge in [0.25, 0.3) is 0 Å². The van der Waals surface area contributed by atoms with Gasteiger partial charge < -0.3 is 9.47 Å². The molecule has 0 aromatic rings. The van der Waals surface area contributed by atoms with Gasteiger partial charge in [-0.2, -0.15) is 0 Å². The van der Waals surface area contributed by atoms with Crippen LogP contribution in [0.15, 0.2) is 11.6 Å². The van der Waals surface area contributed by atoms with Crippen molar-refractivity contribution in [2.24, 2.45) is 5.41 Å². The fraction of sp³-hybridized carbons (Fsp3) is 0.615. The summed E-state index contributed by atoms with van der Waals surface area (Å²) >= 11 is 0. The molecular weight excluding hydrogens is 236 g/mol. The van der Waals surface area contributed by atoms with Crippen LogP contribution in [0.4, 0.5) is 0 Å². The molecule has 18 heavy (non-hydrogen) atoms. The topological polar surface area (TPSA) is 69.7 Å². The molecule has 1 rings (SSSR count). The number of ketones is 1. The molecule has 0 aliphatic heterocycles. The van der Waals surface area contributed by atoms with E-state index in [0.29, 0.717) is 24.8 Å². The predicted octanol–water partition coefficient (Wildman–Crippen LogP) is 1.41. The van der Waals surface area contributed by atoms with E-state index in [0.717, 1.165) is 0 Å². The molecule has 0 heterocycles. The molecule has 0 bridgehead atoms. The number of hydrogen-bond donors (Lipinski definition) is 0. The highest BCUT2D eigenvalue weighted by Crippen LogP contribution is 2.39. The van der Waals surface area contributed by atoms with Crippen LogP contribution in [-0.2, 0) is 23.9 Å². The third kappa shape index (κ3) is 2.97. The van der Waals surface area contributed by atoms with E-state index in [2.05, 4.69) is 4.74 Å². The Bertz CT molecular complexity index is 396. The van der Waals surface area contributed by atoms with Gasteiger partial charge in [-0.3, -0.25) is 14.4 Å². The molecule has 0 radical (unpaired) electrons. The average Bonchev–Trinajstić information content (AvgIpc) is 2.38. The van der Waals surface area contributed by atoms with Gasteiger partial charge in [0.05, 0.1) is 19.6 Å². The van der Waals surface area contributed by atoms with Gasteiger partial charge in [0.2, 0.25) is 0 Å². The summed E-state index contributed by atoms with van der Waals surface area (Å²) in [6.45, 7) is 1.74. The van der Waals surface area contributed by atoms with E-state index >= 15 is 0 Å². The smallest absolute Gasteiger partial charge is 0.315 e. The molecule has 0 saturated carbocycles. The molecule has 1 aliphatic rings. The first-order valence-corrected chi connectivity index (χ1v) is 5.83. The van der Waals surface area contributed by atoms with E-state index in [4.69, 9.17) is 4.74 Å². The maximum absolute atomic E-state index is 11.8. The van der Waals surface area contributed by atoms with Gasteiger partial charge in [0.1, 0.15) is 0 Å². The van der Waals surface area contributed by atoms with Crippen LogP contribution in [0.5, 0.6) is 0 Å². The fourth-order valence-electron chi connectivity index (χ4n) is 2.10. The highest BCUT2D eigenvalue weighted by molar-refractivity contribution is 5.95. The molecule has 0 saturated heterocycles. The van der Waals surface area contributed by atoms with Crippen molar-refractivity contribution in [2.75, 3.05) is 14.2 Å². The van der Waals surface area contributed by atoms with Crippen LogP contribution in [0.1, 0.15) is 32.6 Å². The van der Waals surface area contributed by atoms with Crippen LogP contribution in [0, 0.1) is 5.41 Å². The molecule has 0 N–H and O–H groups in total. The number of allylic oxidation sites excluding steroid dienone is 1. The molecule has 5 nitrogen and oxygen atoms in total. The number of methoxy groups -OCH3 is 2. The van der Waals surface area contributed by atoms with Crippen molar-refractivity contribution in [1.29, 1.82) is 0 Å². The Kier molecular flexibility index (Phi) is 4.64. The second-order valence-electron chi connectivity index (χ2n) is 4.54. The lowest BCUT2D eigenvalue weighted by Crippen LogP contribution is -2.35. The summed E-state index contributed by atoms with van der Waals surface area (Å²) in [5.41, 5.74) is -0.160. The Morgan fingerprint density at radius 3 is 2.56 bits per heavy atom. The highest BCUT2D eigenvalue weighted by atomic mass is 16.5. The van der Waals surface area contributed by atoms with Gasteiger partial charge in [-0.15, -0.1) is 0 Å². The molecule has 5 heteroatoms. The van der Waals surface area contributed by atoms with Gasteiger partial charge in [0, 0.05) is 12.8 Å². The lowest BCUT2D eigenvalue weighted by molar-refractivity contribution is -0.151. The minimum atomic E-state index is -0.809. The van der Waals surface area contributed by atoms with Crippen molar-refractivity contribution in [3.05, 3.63) is 11.6 Å². The summed E-state index contributed by atoms with van der Waals surface area (Å²) < 4.78 is 9.34. The van der Waals surface area contributed by atoms with Crippen molar-refractivity contribution in [3.63, 3.8) is 0 Å². The van der Waals surface area contributed by atoms with Crippen molar-refractivity contribution < 1.29 is 23.9 Å². The van der Waals surface area contributed by atoms with Crippen molar-refractivity contribution >= 4 is 17.7 Å². The minimum Gasteiger partial charge on any atom is -0.469 e. The van der Waals surface area contributed by atoms with E-state index < -0.39 is 5.41 Å². The van der Waals surface area contributed by atoms with Gasteiger partial charge in [-0.25, -0.2) is 0 Å². The lowest BCUT2D eigenvalue weighted by atomic mass is 9.72. The standard InChI is InChI=1S/C13H18O5/c1-13(12(16)18-3)7-6-10(14)8-9(13)4-5-11(15)17-2/h8H,4-7H2,1-3H3. The third-order valence-corrected chi connectivity index (χ3v) is 3.38. The van der Waals surface area contributed by atoms with Gasteiger partial charge in [0.15, 0.2) is 5.78 Å².